The molecule has 0 aliphatic rings. The molecule has 0 saturated carbocycles. The maximum Gasteiger partial charge on any atom is 0.224 e. The second kappa shape index (κ2) is 7.07. The molecule has 0 spiro atoms. The van der Waals surface area contributed by atoms with Crippen LogP contribution in [-0.4, -0.2) is 12.2 Å². The Bertz CT molecular complexity index is 631. The minimum Gasteiger partial charge on any atom is -0.768 e. The Kier molecular flexibility index (Phi) is 5.14. The summed E-state index contributed by atoms with van der Waals surface area (Å²) < 4.78 is 16.6. The predicted octanol–water partition coefficient (Wildman–Crippen LogP) is 1.94. The van der Waals surface area contributed by atoms with Crippen molar-refractivity contribution in [1.29, 1.82) is 0 Å². The van der Waals surface area contributed by atoms with Crippen molar-refractivity contribution in [1.82, 2.24) is 5.32 Å². The summed E-state index contributed by atoms with van der Waals surface area (Å²) in [7, 11) is -4.15. The number of para-hydroxylation sites is 1. The third kappa shape index (κ3) is 5.42. The number of benzene rings is 2. The first-order chi connectivity index (χ1) is 10.1. The smallest absolute Gasteiger partial charge is 0.224 e. The first-order valence-electron chi connectivity index (χ1n) is 6.40. The Morgan fingerprint density at radius 3 is 2.24 bits per heavy atom. The zero-order valence-corrected chi connectivity index (χ0v) is 12.2. The fourth-order valence-electron chi connectivity index (χ4n) is 1.70. The number of rotatable bonds is 6. The van der Waals surface area contributed by atoms with Gasteiger partial charge in [0.15, 0.2) is 0 Å². The molecule has 0 radical (unpaired) electrons. The van der Waals surface area contributed by atoms with Crippen molar-refractivity contribution in [3.05, 3.63) is 66.2 Å². The van der Waals surface area contributed by atoms with E-state index in [0.717, 1.165) is 5.56 Å². The molecule has 1 amide bonds. The molecule has 0 saturated heterocycles. The molecule has 1 unspecified atom stereocenters. The molecule has 0 aromatic heterocycles. The molecule has 0 bridgehead atoms. The highest BCUT2D eigenvalue weighted by Crippen LogP contribution is 2.36. The number of nitrogens with one attached hydrogen (secondary N) is 1. The Morgan fingerprint density at radius 1 is 1.05 bits per heavy atom. The maximum atomic E-state index is 11.7. The van der Waals surface area contributed by atoms with E-state index in [-0.39, 0.29) is 18.1 Å². The van der Waals surface area contributed by atoms with Gasteiger partial charge in [-0.2, -0.15) is 0 Å². The van der Waals surface area contributed by atoms with Crippen LogP contribution in [-0.2, 0) is 15.8 Å². The average Bonchev–Trinajstić information content (AvgIpc) is 2.47. The van der Waals surface area contributed by atoms with Gasteiger partial charge in [0.05, 0.1) is 12.7 Å². The van der Waals surface area contributed by atoms with Crippen LogP contribution in [0.25, 0.3) is 0 Å². The van der Waals surface area contributed by atoms with E-state index in [1.54, 1.807) is 30.3 Å². The summed E-state index contributed by atoms with van der Waals surface area (Å²) in [6.07, 6.45) is -0.403. The van der Waals surface area contributed by atoms with Crippen molar-refractivity contribution < 1.29 is 18.8 Å². The van der Waals surface area contributed by atoms with Crippen molar-refractivity contribution in [2.75, 3.05) is 6.29 Å². The second-order valence-electron chi connectivity index (χ2n) is 4.44. The highest BCUT2D eigenvalue weighted by Gasteiger charge is 2.12. The van der Waals surface area contributed by atoms with E-state index in [2.05, 4.69) is 5.32 Å². The summed E-state index contributed by atoms with van der Waals surface area (Å²) in [5, 5.41) is 2.35. The summed E-state index contributed by atoms with van der Waals surface area (Å²) >= 11 is 0. The van der Waals surface area contributed by atoms with Crippen molar-refractivity contribution in [2.24, 2.45) is 0 Å². The van der Waals surface area contributed by atoms with Gasteiger partial charge >= 0.3 is 0 Å². The van der Waals surface area contributed by atoms with Gasteiger partial charge in [0.1, 0.15) is 5.75 Å². The second-order valence-corrected chi connectivity index (χ2v) is 6.16. The van der Waals surface area contributed by atoms with Crippen LogP contribution in [0.4, 0.5) is 0 Å². The lowest BCUT2D eigenvalue weighted by Gasteiger charge is -2.24. The van der Waals surface area contributed by atoms with Crippen molar-refractivity contribution in [3.8, 4) is 5.75 Å². The van der Waals surface area contributed by atoms with Crippen molar-refractivity contribution >= 4 is 13.5 Å². The van der Waals surface area contributed by atoms with Crippen LogP contribution < -0.4 is 14.7 Å². The van der Waals surface area contributed by atoms with Crippen LogP contribution >= 0.6 is 7.60 Å². The van der Waals surface area contributed by atoms with Crippen LogP contribution in [0.15, 0.2) is 60.7 Å². The lowest BCUT2D eigenvalue weighted by Crippen LogP contribution is -2.30. The molecule has 110 valence electrons. The lowest BCUT2D eigenvalue weighted by atomic mass is 10.1. The first kappa shape index (κ1) is 15.3. The molecule has 6 heteroatoms. The predicted molar refractivity (Wildman–Crippen MR) is 77.8 cm³/mol. The molecular weight excluding hydrogens is 289 g/mol. The molecule has 0 aliphatic heterocycles. The van der Waals surface area contributed by atoms with E-state index in [4.69, 9.17) is 4.52 Å². The molecule has 1 atom stereocenters. The van der Waals surface area contributed by atoms with E-state index in [1.165, 1.54) is 12.1 Å². The van der Waals surface area contributed by atoms with Crippen molar-refractivity contribution in [3.63, 3.8) is 0 Å². The Hall–Kier alpha value is -2.10. The third-order valence-electron chi connectivity index (χ3n) is 2.67. The van der Waals surface area contributed by atoms with E-state index >= 15 is 0 Å². The molecule has 1 N–H and O–H groups in total. The molecule has 0 fully saturated rings. The van der Waals surface area contributed by atoms with Gasteiger partial charge < -0.3 is 14.7 Å². The molecule has 21 heavy (non-hydrogen) atoms. The van der Waals surface area contributed by atoms with Gasteiger partial charge in [-0.3, -0.25) is 9.36 Å². The van der Waals surface area contributed by atoms with Crippen LogP contribution in [0, 0.1) is 0 Å². The highest BCUT2D eigenvalue weighted by molar-refractivity contribution is 7.51. The molecule has 2 aromatic rings. The summed E-state index contributed by atoms with van der Waals surface area (Å²) in [5.74, 6) is -0.137. The van der Waals surface area contributed by atoms with Gasteiger partial charge in [0, 0.05) is 0 Å². The number of carbonyl (C=O) groups excluding carboxylic acids is 1. The lowest BCUT2D eigenvalue weighted by molar-refractivity contribution is -0.191. The maximum absolute atomic E-state index is 11.7. The monoisotopic (exact) mass is 304 g/mol. The SMILES string of the molecule is O=C(Cc1ccccc1)NCP(=O)([O-])Oc1ccccc1. The van der Waals surface area contributed by atoms with E-state index in [9.17, 15) is 14.3 Å². The minimum absolute atomic E-state index is 0.131. The van der Waals surface area contributed by atoms with Gasteiger partial charge in [-0.15, -0.1) is 0 Å². The van der Waals surface area contributed by atoms with Crippen LogP contribution in [0.2, 0.25) is 0 Å². The molecule has 0 aliphatic carbocycles. The summed E-state index contributed by atoms with van der Waals surface area (Å²) in [6, 6.07) is 17.3. The van der Waals surface area contributed by atoms with Crippen molar-refractivity contribution in [2.45, 2.75) is 6.42 Å². The number of amides is 1. The molecule has 5 nitrogen and oxygen atoms in total. The Labute approximate surface area is 123 Å². The van der Waals surface area contributed by atoms with Gasteiger partial charge in [0.2, 0.25) is 13.5 Å². The van der Waals surface area contributed by atoms with Crippen LogP contribution in [0.5, 0.6) is 5.75 Å². The number of hydrogen-bond donors (Lipinski definition) is 1. The van der Waals surface area contributed by atoms with Gasteiger partial charge in [-0.1, -0.05) is 48.5 Å². The van der Waals surface area contributed by atoms with E-state index in [1.807, 2.05) is 18.2 Å². The zero-order chi connectivity index (χ0) is 15.1. The first-order valence-corrected chi connectivity index (χ1v) is 8.13. The quantitative estimate of drug-likeness (QED) is 0.827. The normalized spacial score (nSPS) is 13.2. The van der Waals surface area contributed by atoms with Crippen LogP contribution in [0.1, 0.15) is 5.56 Å². The average molecular weight is 304 g/mol. The highest BCUT2D eigenvalue weighted by atomic mass is 31.2. The number of carbonyl (C=O) groups is 1. The minimum atomic E-state index is -4.15. The van der Waals surface area contributed by atoms with Gasteiger partial charge in [-0.25, -0.2) is 0 Å². The molecular formula is C15H15NO4P-. The molecule has 0 heterocycles. The Balaban J connectivity index is 1.84. The zero-order valence-electron chi connectivity index (χ0n) is 11.3. The number of hydrogen-bond acceptors (Lipinski definition) is 4. The fourth-order valence-corrected chi connectivity index (χ4v) is 2.58. The molecule has 2 aromatic carbocycles. The van der Waals surface area contributed by atoms with Gasteiger partial charge in [0.25, 0.3) is 0 Å². The molecule has 2 rings (SSSR count). The van der Waals surface area contributed by atoms with Gasteiger partial charge in [-0.05, 0) is 17.7 Å². The fraction of sp³-hybridized carbons (Fsp3) is 0.133. The van der Waals surface area contributed by atoms with Crippen LogP contribution in [0.3, 0.4) is 0 Å². The summed E-state index contributed by atoms with van der Waals surface area (Å²) in [6.45, 7) is 0. The Morgan fingerprint density at radius 2 is 1.62 bits per heavy atom. The largest absolute Gasteiger partial charge is 0.768 e. The summed E-state index contributed by atoms with van der Waals surface area (Å²) in [5.41, 5.74) is 0.819. The topological polar surface area (TPSA) is 78.5 Å². The summed E-state index contributed by atoms with van der Waals surface area (Å²) in [4.78, 5) is 23.4. The van der Waals surface area contributed by atoms with E-state index < -0.39 is 13.9 Å². The van der Waals surface area contributed by atoms with E-state index in [0.29, 0.717) is 0 Å². The standard InChI is InChI=1S/C15H16NO4P/c17-15(11-13-7-3-1-4-8-13)16-12-21(18,19)20-14-9-5-2-6-10-14/h1-10H,11-12H2,(H,16,17)(H,18,19)/p-1. The third-order valence-corrected chi connectivity index (χ3v) is 3.70.